The molecule has 0 aromatic carbocycles. The van der Waals surface area contributed by atoms with Crippen LogP contribution in [0, 0.1) is 6.92 Å². The Kier molecular flexibility index (Phi) is 2.48. The summed E-state index contributed by atoms with van der Waals surface area (Å²) < 4.78 is 2.11. The summed E-state index contributed by atoms with van der Waals surface area (Å²) in [7, 11) is 0. The quantitative estimate of drug-likeness (QED) is 0.739. The van der Waals surface area contributed by atoms with E-state index in [-0.39, 0.29) is 0 Å². The maximum atomic E-state index is 10.7. The monoisotopic (exact) mass is 209 g/mol. The number of aryl methyl sites for hydroxylation is 2. The smallest absolute Gasteiger partial charge is 0.320 e. The van der Waals surface area contributed by atoms with Crippen LogP contribution in [0.1, 0.15) is 23.6 Å². The minimum atomic E-state index is -0.956. The van der Waals surface area contributed by atoms with Crippen molar-refractivity contribution in [3.8, 4) is 0 Å². The minimum absolute atomic E-state index is 0.369. The van der Waals surface area contributed by atoms with Crippen molar-refractivity contribution in [2.24, 2.45) is 5.73 Å². The Labute approximate surface area is 87.9 Å². The third kappa shape index (κ3) is 1.74. The summed E-state index contributed by atoms with van der Waals surface area (Å²) in [5.41, 5.74) is 7.43. The zero-order valence-corrected chi connectivity index (χ0v) is 8.73. The summed E-state index contributed by atoms with van der Waals surface area (Å²) in [6.07, 6.45) is 2.45. The number of carbonyl (C=O) groups is 1. The number of nitrogens with two attached hydrogens (primary N) is 1. The van der Waals surface area contributed by atoms with Crippen LogP contribution in [0.3, 0.4) is 0 Å². The first-order chi connectivity index (χ1) is 7.09. The molecule has 0 fully saturated rings. The van der Waals surface area contributed by atoms with Crippen LogP contribution in [0.25, 0.3) is 0 Å². The first-order valence-electron chi connectivity index (χ1n) is 5.13. The van der Waals surface area contributed by atoms with Gasteiger partial charge < -0.3 is 15.4 Å². The van der Waals surface area contributed by atoms with Crippen LogP contribution in [-0.4, -0.2) is 26.7 Å². The third-order valence-electron chi connectivity index (χ3n) is 2.86. The van der Waals surface area contributed by atoms with Crippen LogP contribution in [-0.2, 0) is 24.2 Å². The van der Waals surface area contributed by atoms with Gasteiger partial charge in [-0.15, -0.1) is 0 Å². The molecule has 0 spiro atoms. The lowest BCUT2D eigenvalue weighted by atomic mass is 10.1. The highest BCUT2D eigenvalue weighted by atomic mass is 16.4. The number of carboxylic acids is 1. The second-order valence-corrected chi connectivity index (χ2v) is 3.96. The van der Waals surface area contributed by atoms with E-state index >= 15 is 0 Å². The van der Waals surface area contributed by atoms with Crippen molar-refractivity contribution in [3.05, 3.63) is 17.2 Å². The Balaban J connectivity index is 2.24. The highest BCUT2D eigenvalue weighted by Crippen LogP contribution is 2.20. The molecule has 1 aliphatic rings. The molecular weight excluding hydrogens is 194 g/mol. The van der Waals surface area contributed by atoms with Gasteiger partial charge in [-0.05, 0) is 13.3 Å². The summed E-state index contributed by atoms with van der Waals surface area (Å²) in [4.78, 5) is 15.1. The summed E-state index contributed by atoms with van der Waals surface area (Å²) in [6.45, 7) is 2.85. The van der Waals surface area contributed by atoms with Crippen LogP contribution in [0.4, 0.5) is 0 Å². The molecule has 0 aliphatic carbocycles. The van der Waals surface area contributed by atoms with E-state index in [9.17, 15) is 4.79 Å². The normalized spacial score (nSPS) is 16.4. The van der Waals surface area contributed by atoms with E-state index in [2.05, 4.69) is 9.55 Å². The molecule has 0 radical (unpaired) electrons. The topological polar surface area (TPSA) is 81.1 Å². The Morgan fingerprint density at radius 2 is 2.47 bits per heavy atom. The van der Waals surface area contributed by atoms with Crippen LogP contribution < -0.4 is 5.73 Å². The van der Waals surface area contributed by atoms with Crippen molar-refractivity contribution in [1.82, 2.24) is 9.55 Å². The molecule has 2 heterocycles. The zero-order valence-electron chi connectivity index (χ0n) is 8.73. The Morgan fingerprint density at radius 1 is 1.73 bits per heavy atom. The van der Waals surface area contributed by atoms with Gasteiger partial charge in [0.25, 0.3) is 0 Å². The lowest BCUT2D eigenvalue weighted by molar-refractivity contribution is -0.138. The molecule has 1 unspecified atom stereocenters. The predicted octanol–water partition coefficient (Wildman–Crippen LogP) is 0.0921. The molecule has 15 heavy (non-hydrogen) atoms. The molecule has 1 aromatic rings. The molecule has 5 heteroatoms. The van der Waals surface area contributed by atoms with Crippen molar-refractivity contribution in [3.63, 3.8) is 0 Å². The van der Waals surface area contributed by atoms with Crippen LogP contribution in [0.5, 0.6) is 0 Å². The maximum absolute atomic E-state index is 10.7. The number of fused-ring (bicyclic) bond motifs is 1. The number of hydrogen-bond acceptors (Lipinski definition) is 3. The van der Waals surface area contributed by atoms with Crippen molar-refractivity contribution in [2.75, 3.05) is 0 Å². The molecule has 82 valence electrons. The fourth-order valence-electron chi connectivity index (χ4n) is 2.07. The Bertz CT molecular complexity index is 398. The van der Waals surface area contributed by atoms with E-state index in [1.54, 1.807) is 0 Å². The van der Waals surface area contributed by atoms with Gasteiger partial charge in [-0.1, -0.05) is 0 Å². The van der Waals surface area contributed by atoms with Gasteiger partial charge in [0.2, 0.25) is 0 Å². The molecule has 0 amide bonds. The highest BCUT2D eigenvalue weighted by molar-refractivity contribution is 5.73. The third-order valence-corrected chi connectivity index (χ3v) is 2.86. The van der Waals surface area contributed by atoms with E-state index in [1.165, 1.54) is 0 Å². The largest absolute Gasteiger partial charge is 0.480 e. The Morgan fingerprint density at radius 3 is 3.13 bits per heavy atom. The molecule has 0 saturated heterocycles. The number of hydrogen-bond donors (Lipinski definition) is 2. The van der Waals surface area contributed by atoms with Crippen molar-refractivity contribution in [1.29, 1.82) is 0 Å². The second kappa shape index (κ2) is 3.66. The molecule has 1 aliphatic heterocycles. The number of aromatic nitrogens is 2. The molecule has 2 rings (SSSR count). The van der Waals surface area contributed by atoms with Crippen LogP contribution in [0.2, 0.25) is 0 Å². The molecular formula is C10H15N3O2. The number of rotatable bonds is 3. The standard InChI is InChI=1S/C10H15N3O2/c1-6-8(5-7(11)10(14)15)13-4-2-3-9(13)12-6/h7H,2-5,11H2,1H3,(H,14,15). The molecule has 1 aromatic heterocycles. The molecule has 3 N–H and O–H groups in total. The van der Waals surface area contributed by atoms with Crippen LogP contribution in [0.15, 0.2) is 0 Å². The molecule has 5 nitrogen and oxygen atoms in total. The lowest BCUT2D eigenvalue weighted by Gasteiger charge is -2.09. The van der Waals surface area contributed by atoms with E-state index in [1.807, 2.05) is 6.92 Å². The van der Waals surface area contributed by atoms with Gasteiger partial charge >= 0.3 is 5.97 Å². The number of carboxylic acid groups (broad SMARTS) is 1. The summed E-state index contributed by atoms with van der Waals surface area (Å²) in [6, 6.07) is -0.829. The number of aliphatic carboxylic acids is 1. The van der Waals surface area contributed by atoms with Crippen molar-refractivity contribution >= 4 is 5.97 Å². The van der Waals surface area contributed by atoms with Crippen molar-refractivity contribution < 1.29 is 9.90 Å². The van der Waals surface area contributed by atoms with Gasteiger partial charge in [0.1, 0.15) is 11.9 Å². The number of nitrogens with zero attached hydrogens (tertiary/aromatic N) is 2. The average molecular weight is 209 g/mol. The van der Waals surface area contributed by atoms with Gasteiger partial charge in [0.05, 0.1) is 5.69 Å². The fraction of sp³-hybridized carbons (Fsp3) is 0.600. The first kappa shape index (κ1) is 10.2. The van der Waals surface area contributed by atoms with Gasteiger partial charge in [0.15, 0.2) is 0 Å². The molecule has 0 saturated carbocycles. The maximum Gasteiger partial charge on any atom is 0.320 e. The lowest BCUT2D eigenvalue weighted by Crippen LogP contribution is -2.33. The summed E-state index contributed by atoms with van der Waals surface area (Å²) in [5.74, 6) is 0.114. The average Bonchev–Trinajstić information content (AvgIpc) is 2.69. The fourth-order valence-corrected chi connectivity index (χ4v) is 2.07. The minimum Gasteiger partial charge on any atom is -0.480 e. The summed E-state index contributed by atoms with van der Waals surface area (Å²) >= 11 is 0. The first-order valence-corrected chi connectivity index (χ1v) is 5.13. The second-order valence-electron chi connectivity index (χ2n) is 3.96. The van der Waals surface area contributed by atoms with Gasteiger partial charge in [-0.25, -0.2) is 4.98 Å². The predicted molar refractivity (Wildman–Crippen MR) is 54.6 cm³/mol. The summed E-state index contributed by atoms with van der Waals surface area (Å²) in [5, 5.41) is 8.77. The van der Waals surface area contributed by atoms with Gasteiger partial charge in [0, 0.05) is 25.1 Å². The Hall–Kier alpha value is -1.36. The van der Waals surface area contributed by atoms with E-state index in [4.69, 9.17) is 10.8 Å². The number of imidazole rings is 1. The van der Waals surface area contributed by atoms with Crippen molar-refractivity contribution in [2.45, 2.75) is 38.8 Å². The molecule has 1 atom stereocenters. The van der Waals surface area contributed by atoms with Gasteiger partial charge in [-0.2, -0.15) is 0 Å². The van der Waals surface area contributed by atoms with Gasteiger partial charge in [-0.3, -0.25) is 4.79 Å². The highest BCUT2D eigenvalue weighted by Gasteiger charge is 2.22. The van der Waals surface area contributed by atoms with E-state index < -0.39 is 12.0 Å². The van der Waals surface area contributed by atoms with E-state index in [0.29, 0.717) is 6.42 Å². The zero-order chi connectivity index (χ0) is 11.0. The van der Waals surface area contributed by atoms with Crippen LogP contribution >= 0.6 is 0 Å². The van der Waals surface area contributed by atoms with E-state index in [0.717, 1.165) is 36.6 Å². The molecule has 0 bridgehead atoms. The SMILES string of the molecule is Cc1nc2n(c1CC(N)C(=O)O)CCC2.